The van der Waals surface area contributed by atoms with Crippen molar-refractivity contribution >= 4 is 23.5 Å². The minimum Gasteiger partial charge on any atom is -0.422 e. The number of esters is 2. The van der Waals surface area contributed by atoms with Crippen LogP contribution in [0, 0.1) is 0 Å². The van der Waals surface area contributed by atoms with Gasteiger partial charge in [-0.15, -0.1) is 0 Å². The van der Waals surface area contributed by atoms with E-state index in [0.717, 1.165) is 13.8 Å². The van der Waals surface area contributed by atoms with E-state index < -0.39 is 23.5 Å². The molecule has 0 bridgehead atoms. The highest BCUT2D eigenvalue weighted by Gasteiger charge is 2.34. The highest BCUT2D eigenvalue weighted by Crippen LogP contribution is 2.26. The third-order valence-electron chi connectivity index (χ3n) is 2.27. The van der Waals surface area contributed by atoms with E-state index in [2.05, 4.69) is 0 Å². The summed E-state index contributed by atoms with van der Waals surface area (Å²) in [6.07, 6.45) is 0. The lowest BCUT2D eigenvalue weighted by Crippen LogP contribution is -2.26. The Hall–Kier alpha value is -2.24. The van der Waals surface area contributed by atoms with E-state index in [0.29, 0.717) is 0 Å². The van der Waals surface area contributed by atoms with E-state index in [1.807, 2.05) is 0 Å². The Kier molecular flexibility index (Phi) is 3.80. The summed E-state index contributed by atoms with van der Waals surface area (Å²) in [5.41, 5.74) is -0.117. The third kappa shape index (κ3) is 2.53. The first-order valence-electron chi connectivity index (χ1n) is 5.13. The van der Waals surface area contributed by atoms with Gasteiger partial charge in [0, 0.05) is 25.0 Å². The molecule has 6 nitrogen and oxygen atoms in total. The molecule has 1 aliphatic rings. The van der Waals surface area contributed by atoms with E-state index in [1.54, 1.807) is 0 Å². The second kappa shape index (κ2) is 4.95. The van der Waals surface area contributed by atoms with Gasteiger partial charge in [-0.05, 0) is 13.8 Å². The van der Waals surface area contributed by atoms with Crippen LogP contribution in [0.1, 0.15) is 27.7 Å². The van der Waals surface area contributed by atoms with Gasteiger partial charge in [-0.3, -0.25) is 19.2 Å². The number of ether oxygens (including phenoxy) is 2. The highest BCUT2D eigenvalue weighted by molar-refractivity contribution is 6.24. The Balaban J connectivity index is 3.22. The van der Waals surface area contributed by atoms with Gasteiger partial charge in [0.15, 0.2) is 11.5 Å². The first-order chi connectivity index (χ1) is 8.25. The molecule has 0 aliphatic heterocycles. The van der Waals surface area contributed by atoms with Gasteiger partial charge in [0.2, 0.25) is 11.6 Å². The van der Waals surface area contributed by atoms with Crippen molar-refractivity contribution in [2.75, 3.05) is 0 Å². The fourth-order valence-electron chi connectivity index (χ4n) is 1.42. The summed E-state index contributed by atoms with van der Waals surface area (Å²) < 4.78 is 9.41. The first kappa shape index (κ1) is 13.8. The Morgan fingerprint density at radius 2 is 1.06 bits per heavy atom. The molecule has 0 aromatic rings. The van der Waals surface area contributed by atoms with E-state index in [1.165, 1.54) is 13.8 Å². The maximum Gasteiger partial charge on any atom is 0.308 e. The Morgan fingerprint density at radius 1 is 0.778 bits per heavy atom. The monoisotopic (exact) mass is 252 g/mol. The lowest BCUT2D eigenvalue weighted by molar-refractivity contribution is -0.142. The van der Waals surface area contributed by atoms with Gasteiger partial charge >= 0.3 is 11.9 Å². The van der Waals surface area contributed by atoms with Crippen molar-refractivity contribution in [3.8, 4) is 0 Å². The van der Waals surface area contributed by atoms with E-state index in [-0.39, 0.29) is 22.7 Å². The van der Waals surface area contributed by atoms with Crippen molar-refractivity contribution in [3.05, 3.63) is 22.7 Å². The second-order valence-corrected chi connectivity index (χ2v) is 3.75. The number of hydrogen-bond acceptors (Lipinski definition) is 6. The molecule has 0 heterocycles. The van der Waals surface area contributed by atoms with Crippen LogP contribution in [0.15, 0.2) is 22.7 Å². The van der Waals surface area contributed by atoms with Crippen molar-refractivity contribution in [1.82, 2.24) is 0 Å². The number of allylic oxidation sites excluding steroid dienone is 2. The van der Waals surface area contributed by atoms with Crippen LogP contribution in [0.3, 0.4) is 0 Å². The average molecular weight is 252 g/mol. The lowest BCUT2D eigenvalue weighted by Gasteiger charge is -2.18. The number of rotatable bonds is 2. The zero-order chi connectivity index (χ0) is 14.0. The molecule has 0 spiro atoms. The van der Waals surface area contributed by atoms with Crippen molar-refractivity contribution in [1.29, 1.82) is 0 Å². The fourth-order valence-corrected chi connectivity index (χ4v) is 1.42. The summed E-state index contributed by atoms with van der Waals surface area (Å²) in [4.78, 5) is 45.5. The van der Waals surface area contributed by atoms with Crippen LogP contribution in [0.5, 0.6) is 0 Å². The van der Waals surface area contributed by atoms with Gasteiger partial charge in [-0.1, -0.05) is 0 Å². The quantitative estimate of drug-likeness (QED) is 0.534. The van der Waals surface area contributed by atoms with Gasteiger partial charge in [0.05, 0.1) is 0 Å². The normalized spacial score (nSPS) is 16.0. The molecule has 0 radical (unpaired) electrons. The number of ketones is 2. The van der Waals surface area contributed by atoms with Crippen LogP contribution < -0.4 is 0 Å². The van der Waals surface area contributed by atoms with Crippen LogP contribution in [-0.4, -0.2) is 23.5 Å². The molecular weight excluding hydrogens is 240 g/mol. The molecule has 1 rings (SSSR count). The van der Waals surface area contributed by atoms with Crippen LogP contribution in [0.2, 0.25) is 0 Å². The maximum atomic E-state index is 11.9. The summed E-state index contributed by atoms with van der Waals surface area (Å²) in [6, 6.07) is 0. The predicted molar refractivity (Wildman–Crippen MR) is 58.9 cm³/mol. The molecule has 0 atom stereocenters. The zero-order valence-corrected chi connectivity index (χ0v) is 10.4. The first-order valence-corrected chi connectivity index (χ1v) is 5.13. The minimum absolute atomic E-state index is 0.0583. The second-order valence-electron chi connectivity index (χ2n) is 3.75. The minimum atomic E-state index is -0.700. The van der Waals surface area contributed by atoms with Crippen molar-refractivity contribution in [3.63, 3.8) is 0 Å². The average Bonchev–Trinajstić information content (AvgIpc) is 2.27. The van der Waals surface area contributed by atoms with Crippen LogP contribution in [0.25, 0.3) is 0 Å². The van der Waals surface area contributed by atoms with Crippen LogP contribution in [-0.2, 0) is 28.7 Å². The molecule has 0 unspecified atom stereocenters. The molecule has 18 heavy (non-hydrogen) atoms. The van der Waals surface area contributed by atoms with Crippen molar-refractivity contribution < 1.29 is 28.7 Å². The summed E-state index contributed by atoms with van der Waals surface area (Å²) in [5.74, 6) is -3.32. The van der Waals surface area contributed by atoms with Crippen LogP contribution in [0.4, 0.5) is 0 Å². The summed E-state index contributed by atoms with van der Waals surface area (Å²) in [7, 11) is 0. The van der Waals surface area contributed by atoms with Gasteiger partial charge in [0.25, 0.3) is 0 Å². The smallest absolute Gasteiger partial charge is 0.308 e. The molecule has 0 fully saturated rings. The topological polar surface area (TPSA) is 86.7 Å². The van der Waals surface area contributed by atoms with E-state index >= 15 is 0 Å². The third-order valence-corrected chi connectivity index (χ3v) is 2.27. The van der Waals surface area contributed by atoms with E-state index in [9.17, 15) is 19.2 Å². The standard InChI is InChI=1S/C12H12O6/c1-5-9(15)12(18-8(4)14)6(2)10(16)11(5)17-7(3)13/h1-4H3. The lowest BCUT2D eigenvalue weighted by atomic mass is 9.95. The Bertz CT molecular complexity index is 473. The number of carbonyl (C=O) groups is 4. The predicted octanol–water partition coefficient (Wildman–Crippen LogP) is 0.812. The molecule has 6 heteroatoms. The molecule has 96 valence electrons. The molecule has 0 amide bonds. The van der Waals surface area contributed by atoms with E-state index in [4.69, 9.17) is 9.47 Å². The number of hydrogen-bond donors (Lipinski definition) is 0. The molecule has 0 saturated carbocycles. The molecule has 0 N–H and O–H groups in total. The molecular formula is C12H12O6. The maximum absolute atomic E-state index is 11.9. The summed E-state index contributed by atoms with van der Waals surface area (Å²) in [6.45, 7) is 4.90. The Morgan fingerprint density at radius 3 is 1.28 bits per heavy atom. The Labute approximate surface area is 103 Å². The fraction of sp³-hybridized carbons (Fsp3) is 0.333. The highest BCUT2D eigenvalue weighted by atomic mass is 16.5. The largest absolute Gasteiger partial charge is 0.422 e. The molecule has 1 aliphatic carbocycles. The van der Waals surface area contributed by atoms with Crippen LogP contribution >= 0.6 is 0 Å². The summed E-state index contributed by atoms with van der Waals surface area (Å²) in [5, 5.41) is 0. The summed E-state index contributed by atoms with van der Waals surface area (Å²) >= 11 is 0. The van der Waals surface area contributed by atoms with Gasteiger partial charge in [-0.2, -0.15) is 0 Å². The van der Waals surface area contributed by atoms with Gasteiger partial charge < -0.3 is 9.47 Å². The van der Waals surface area contributed by atoms with Gasteiger partial charge in [0.1, 0.15) is 0 Å². The SMILES string of the molecule is CC(=O)OC1=C(C)C(=O)C(OC(C)=O)=C(C)C1=O. The molecule has 0 aromatic carbocycles. The number of Topliss-reactive ketones (excluding diaryl/α,β-unsaturated/α-hetero) is 2. The zero-order valence-electron chi connectivity index (χ0n) is 10.4. The molecule has 0 saturated heterocycles. The van der Waals surface area contributed by atoms with Gasteiger partial charge in [-0.25, -0.2) is 0 Å². The van der Waals surface area contributed by atoms with Crippen molar-refractivity contribution in [2.24, 2.45) is 0 Å². The number of carbonyl (C=O) groups excluding carboxylic acids is 4. The van der Waals surface area contributed by atoms with Crippen molar-refractivity contribution in [2.45, 2.75) is 27.7 Å². The molecule has 0 aromatic heterocycles.